The Balaban J connectivity index is 2.15. The van der Waals surface area contributed by atoms with Crippen LogP contribution in [0.2, 0.25) is 0 Å². The van der Waals surface area contributed by atoms with Crippen LogP contribution in [0.4, 0.5) is 18.0 Å². The molecule has 3 atom stereocenters. The molecule has 2 aromatic rings. The number of hydrogen-bond donors (Lipinski definition) is 3. The lowest BCUT2D eigenvalue weighted by Gasteiger charge is -2.45. The van der Waals surface area contributed by atoms with Gasteiger partial charge >= 0.3 is 12.2 Å². The molecule has 3 rings (SSSR count). The number of Topliss-reactive ketones (excluding diaryl/α,β-unsaturated/α-hetero) is 1. The molecule has 8 heteroatoms. The molecule has 1 aliphatic heterocycles. The Hall–Kier alpha value is -2.87. The minimum absolute atomic E-state index is 0.000218. The van der Waals surface area contributed by atoms with Crippen LogP contribution in [0.25, 0.3) is 0 Å². The van der Waals surface area contributed by atoms with Crippen molar-refractivity contribution in [2.45, 2.75) is 24.9 Å². The van der Waals surface area contributed by atoms with Gasteiger partial charge in [-0.1, -0.05) is 60.2 Å². The molecule has 0 aromatic heterocycles. The number of urea groups is 1. The number of halogens is 3. The number of amides is 2. The van der Waals surface area contributed by atoms with E-state index < -0.39 is 35.7 Å². The Morgan fingerprint density at radius 1 is 1.07 bits per heavy atom. The van der Waals surface area contributed by atoms with Gasteiger partial charge in [0.25, 0.3) is 0 Å². The molecule has 0 saturated carbocycles. The van der Waals surface area contributed by atoms with Crippen LogP contribution in [0.15, 0.2) is 54.6 Å². The van der Waals surface area contributed by atoms with E-state index in [9.17, 15) is 27.9 Å². The highest BCUT2D eigenvalue weighted by Crippen LogP contribution is 2.43. The van der Waals surface area contributed by atoms with Crippen molar-refractivity contribution in [2.24, 2.45) is 5.92 Å². The number of ketones is 1. The number of alkyl halides is 3. The zero-order chi connectivity index (χ0) is 19.8. The smallest absolute Gasteiger partial charge is 0.363 e. The van der Waals surface area contributed by atoms with E-state index in [0.29, 0.717) is 0 Å². The first-order valence-electron chi connectivity index (χ1n) is 8.17. The number of aryl methyl sites for hydroxylation is 1. The third-order valence-electron chi connectivity index (χ3n) is 4.58. The number of nitrogens with one attached hydrogen (secondary N) is 2. The third-order valence-corrected chi connectivity index (χ3v) is 4.58. The predicted molar refractivity (Wildman–Crippen MR) is 90.9 cm³/mol. The maximum atomic E-state index is 13.7. The molecule has 142 valence electrons. The Labute approximate surface area is 153 Å². The van der Waals surface area contributed by atoms with Gasteiger partial charge in [-0.3, -0.25) is 4.79 Å². The molecule has 2 amide bonds. The summed E-state index contributed by atoms with van der Waals surface area (Å²) < 4.78 is 41.2. The third kappa shape index (κ3) is 3.40. The van der Waals surface area contributed by atoms with Crippen LogP contribution in [-0.2, 0) is 0 Å². The average molecular weight is 378 g/mol. The summed E-state index contributed by atoms with van der Waals surface area (Å²) in [5.74, 6) is -2.95. The number of rotatable bonds is 3. The second-order valence-electron chi connectivity index (χ2n) is 6.46. The molecule has 2 aromatic carbocycles. The quantitative estimate of drug-likeness (QED) is 0.719. The van der Waals surface area contributed by atoms with E-state index in [1.165, 1.54) is 41.7 Å². The van der Waals surface area contributed by atoms with Crippen molar-refractivity contribution in [3.63, 3.8) is 0 Å². The van der Waals surface area contributed by atoms with E-state index in [0.717, 1.165) is 5.56 Å². The van der Waals surface area contributed by atoms with Gasteiger partial charge in [-0.25, -0.2) is 4.79 Å². The molecule has 1 heterocycles. The van der Waals surface area contributed by atoms with Crippen LogP contribution in [0.5, 0.6) is 0 Å². The standard InChI is InChI=1S/C19H17F3N2O3/c1-11-7-9-12(10-8-11)15-14(16(25)13-5-3-2-4-6-13)18(27,19(20,21)22)24-17(26)23-15/h2-10,14-15,27H,1H3,(H2,23,24,26)/t14-,15-,18-/m0/s1. The second-order valence-corrected chi connectivity index (χ2v) is 6.46. The summed E-state index contributed by atoms with van der Waals surface area (Å²) in [6.07, 6.45) is -5.26. The van der Waals surface area contributed by atoms with Crippen molar-refractivity contribution in [1.29, 1.82) is 0 Å². The van der Waals surface area contributed by atoms with Gasteiger partial charge in [-0.2, -0.15) is 13.2 Å². The van der Waals surface area contributed by atoms with Crippen molar-refractivity contribution in [1.82, 2.24) is 10.6 Å². The van der Waals surface area contributed by atoms with Crippen LogP contribution in [0.3, 0.4) is 0 Å². The van der Waals surface area contributed by atoms with E-state index >= 15 is 0 Å². The monoisotopic (exact) mass is 378 g/mol. The van der Waals surface area contributed by atoms with Gasteiger partial charge in [0, 0.05) is 5.56 Å². The topological polar surface area (TPSA) is 78.4 Å². The summed E-state index contributed by atoms with van der Waals surface area (Å²) in [5, 5.41) is 14.3. The maximum absolute atomic E-state index is 13.7. The molecule has 0 unspecified atom stereocenters. The number of carbonyl (C=O) groups excluding carboxylic acids is 2. The fourth-order valence-electron chi connectivity index (χ4n) is 3.17. The first-order valence-corrected chi connectivity index (χ1v) is 8.17. The van der Waals surface area contributed by atoms with E-state index in [-0.39, 0.29) is 11.1 Å². The molecule has 0 bridgehead atoms. The zero-order valence-corrected chi connectivity index (χ0v) is 14.2. The molecular formula is C19H17F3N2O3. The molecule has 5 nitrogen and oxygen atoms in total. The van der Waals surface area contributed by atoms with Gasteiger partial charge < -0.3 is 15.7 Å². The fourth-order valence-corrected chi connectivity index (χ4v) is 3.17. The van der Waals surface area contributed by atoms with Crippen molar-refractivity contribution >= 4 is 11.8 Å². The minimum atomic E-state index is -5.26. The number of carbonyl (C=O) groups is 2. The summed E-state index contributed by atoms with van der Waals surface area (Å²) in [7, 11) is 0. The highest BCUT2D eigenvalue weighted by Gasteiger charge is 2.66. The van der Waals surface area contributed by atoms with Crippen LogP contribution in [0.1, 0.15) is 27.5 Å². The molecule has 0 radical (unpaired) electrons. The Bertz CT molecular complexity index is 853. The van der Waals surface area contributed by atoms with Gasteiger partial charge in [0.05, 0.1) is 6.04 Å². The predicted octanol–water partition coefficient (Wildman–Crippen LogP) is 3.10. The normalized spacial score (nSPS) is 25.4. The van der Waals surface area contributed by atoms with Gasteiger partial charge in [-0.15, -0.1) is 0 Å². The molecule has 0 spiro atoms. The maximum Gasteiger partial charge on any atom is 0.437 e. The Kier molecular flexibility index (Phi) is 4.69. The largest absolute Gasteiger partial charge is 0.437 e. The van der Waals surface area contributed by atoms with Crippen LogP contribution >= 0.6 is 0 Å². The molecule has 27 heavy (non-hydrogen) atoms. The highest BCUT2D eigenvalue weighted by molar-refractivity contribution is 6.00. The molecule has 0 aliphatic carbocycles. The number of hydrogen-bond acceptors (Lipinski definition) is 3. The van der Waals surface area contributed by atoms with E-state index in [1.807, 2.05) is 0 Å². The lowest BCUT2D eigenvalue weighted by Crippen LogP contribution is -2.72. The van der Waals surface area contributed by atoms with Gasteiger partial charge in [0.1, 0.15) is 5.92 Å². The summed E-state index contributed by atoms with van der Waals surface area (Å²) in [5.41, 5.74) is -2.57. The fraction of sp³-hybridized carbons (Fsp3) is 0.263. The molecule has 1 fully saturated rings. The van der Waals surface area contributed by atoms with Crippen molar-refractivity contribution in [3.8, 4) is 0 Å². The first kappa shape index (κ1) is 18.9. The molecule has 1 saturated heterocycles. The van der Waals surface area contributed by atoms with Crippen LogP contribution in [-0.4, -0.2) is 28.8 Å². The van der Waals surface area contributed by atoms with Gasteiger partial charge in [-0.05, 0) is 12.5 Å². The summed E-state index contributed by atoms with van der Waals surface area (Å²) in [6, 6.07) is 11.1. The zero-order valence-electron chi connectivity index (χ0n) is 14.2. The lowest BCUT2D eigenvalue weighted by atomic mass is 9.77. The Morgan fingerprint density at radius 2 is 1.67 bits per heavy atom. The summed E-state index contributed by atoms with van der Waals surface area (Å²) in [6.45, 7) is 1.80. The van der Waals surface area contributed by atoms with Crippen molar-refractivity contribution < 1.29 is 27.9 Å². The summed E-state index contributed by atoms with van der Waals surface area (Å²) in [4.78, 5) is 24.9. The van der Waals surface area contributed by atoms with E-state index in [2.05, 4.69) is 5.32 Å². The Morgan fingerprint density at radius 3 is 2.22 bits per heavy atom. The molecule has 1 aliphatic rings. The van der Waals surface area contributed by atoms with Crippen LogP contribution in [0, 0.1) is 12.8 Å². The van der Waals surface area contributed by atoms with Crippen molar-refractivity contribution in [3.05, 3.63) is 71.3 Å². The average Bonchev–Trinajstić information content (AvgIpc) is 2.61. The van der Waals surface area contributed by atoms with Crippen molar-refractivity contribution in [2.75, 3.05) is 0 Å². The highest BCUT2D eigenvalue weighted by atomic mass is 19.4. The van der Waals surface area contributed by atoms with E-state index in [1.54, 1.807) is 25.1 Å². The molecule has 3 N–H and O–H groups in total. The first-order chi connectivity index (χ1) is 12.6. The molecular weight excluding hydrogens is 361 g/mol. The number of benzene rings is 2. The lowest BCUT2D eigenvalue weighted by molar-refractivity contribution is -0.287. The second kappa shape index (κ2) is 6.70. The van der Waals surface area contributed by atoms with Gasteiger partial charge in [0.15, 0.2) is 5.78 Å². The number of aliphatic hydroxyl groups is 1. The SMILES string of the molecule is Cc1ccc([C@@H]2NC(=O)N[C@@](O)(C(F)(F)F)[C@@H]2C(=O)c2ccccc2)cc1. The van der Waals surface area contributed by atoms with Gasteiger partial charge in [0.2, 0.25) is 5.72 Å². The summed E-state index contributed by atoms with van der Waals surface area (Å²) >= 11 is 0. The van der Waals surface area contributed by atoms with E-state index in [4.69, 9.17) is 0 Å². The van der Waals surface area contributed by atoms with Crippen LogP contribution < -0.4 is 10.6 Å². The minimum Gasteiger partial charge on any atom is -0.363 e.